The summed E-state index contributed by atoms with van der Waals surface area (Å²) in [6, 6.07) is 9.16. The average Bonchev–Trinajstić information content (AvgIpc) is 3.36. The van der Waals surface area contributed by atoms with Crippen molar-refractivity contribution in [1.29, 1.82) is 0 Å². The van der Waals surface area contributed by atoms with Gasteiger partial charge in [-0.3, -0.25) is 14.4 Å². The maximum absolute atomic E-state index is 13.4. The van der Waals surface area contributed by atoms with Crippen LogP contribution in [-0.4, -0.2) is 55.5 Å². The monoisotopic (exact) mass is 475 g/mol. The van der Waals surface area contributed by atoms with E-state index in [0.717, 1.165) is 25.7 Å². The van der Waals surface area contributed by atoms with Crippen LogP contribution in [-0.2, 0) is 14.3 Å². The van der Waals surface area contributed by atoms with Crippen molar-refractivity contribution in [2.24, 2.45) is 0 Å². The number of nitrogens with zero attached hydrogens (tertiary/aromatic N) is 1. The van der Waals surface area contributed by atoms with Crippen molar-refractivity contribution in [2.45, 2.75) is 44.2 Å². The fourth-order valence-corrected chi connectivity index (χ4v) is 4.11. The summed E-state index contributed by atoms with van der Waals surface area (Å²) in [5.74, 6) is -1.07. The summed E-state index contributed by atoms with van der Waals surface area (Å²) in [5, 5.41) is 6.22. The molecule has 1 fully saturated rings. The van der Waals surface area contributed by atoms with E-state index in [2.05, 4.69) is 10.6 Å². The quantitative estimate of drug-likeness (QED) is 0.549. The zero-order valence-corrected chi connectivity index (χ0v) is 19.5. The Morgan fingerprint density at radius 2 is 1.88 bits per heavy atom. The lowest BCUT2D eigenvalue weighted by atomic mass is 9.94. The molecular weight excluding hydrogens is 446 g/mol. The number of amides is 3. The van der Waals surface area contributed by atoms with E-state index >= 15 is 0 Å². The molecule has 0 spiro atoms. The van der Waals surface area contributed by atoms with E-state index in [1.807, 2.05) is 0 Å². The summed E-state index contributed by atoms with van der Waals surface area (Å²) in [6.45, 7) is 0.125. The number of furan rings is 1. The summed E-state index contributed by atoms with van der Waals surface area (Å²) in [6.07, 6.45) is 6.53. The maximum Gasteiger partial charge on any atom is 0.287 e. The standard InChI is InChI=1S/C24H30ClN3O5/c1-32-15-13-28(21(29)16-26-23(30)20-8-5-14-33-20)22(17-9-11-18(25)12-10-17)24(31)27-19-6-3-2-4-7-19/h5,8-12,14,19,22H,2-4,6-7,13,15-16H2,1H3,(H,26,30)(H,27,31)/t22-/m1/s1. The Kier molecular flexibility index (Phi) is 9.33. The topological polar surface area (TPSA) is 101 Å². The summed E-state index contributed by atoms with van der Waals surface area (Å²) in [7, 11) is 1.53. The van der Waals surface area contributed by atoms with Crippen molar-refractivity contribution in [2.75, 3.05) is 26.8 Å². The highest BCUT2D eigenvalue weighted by atomic mass is 35.5. The van der Waals surface area contributed by atoms with Gasteiger partial charge >= 0.3 is 0 Å². The Hall–Kier alpha value is -2.84. The maximum atomic E-state index is 13.4. The predicted molar refractivity (Wildman–Crippen MR) is 124 cm³/mol. The van der Waals surface area contributed by atoms with E-state index in [9.17, 15) is 14.4 Å². The van der Waals surface area contributed by atoms with Crippen LogP contribution in [0.1, 0.15) is 54.3 Å². The third-order valence-corrected chi connectivity index (χ3v) is 5.95. The molecule has 2 aromatic rings. The number of benzene rings is 1. The fraction of sp³-hybridized carbons (Fsp3) is 0.458. The molecule has 3 amide bonds. The van der Waals surface area contributed by atoms with Crippen molar-refractivity contribution < 1.29 is 23.5 Å². The second-order valence-electron chi connectivity index (χ2n) is 8.04. The van der Waals surface area contributed by atoms with Crippen LogP contribution in [0.15, 0.2) is 47.1 Å². The van der Waals surface area contributed by atoms with E-state index < -0.39 is 17.9 Å². The zero-order chi connectivity index (χ0) is 23.6. The lowest BCUT2D eigenvalue weighted by Gasteiger charge is -2.33. The number of methoxy groups -OCH3 is 1. The molecule has 0 aliphatic heterocycles. The first-order valence-electron chi connectivity index (χ1n) is 11.2. The van der Waals surface area contributed by atoms with Gasteiger partial charge in [-0.1, -0.05) is 43.0 Å². The summed E-state index contributed by atoms with van der Waals surface area (Å²) in [4.78, 5) is 40.3. The Bertz CT molecular complexity index is 911. The molecule has 0 bridgehead atoms. The van der Waals surface area contributed by atoms with Crippen molar-refractivity contribution in [3.05, 3.63) is 59.0 Å². The first-order valence-corrected chi connectivity index (χ1v) is 11.5. The molecule has 0 unspecified atom stereocenters. The predicted octanol–water partition coefficient (Wildman–Crippen LogP) is 3.33. The van der Waals surface area contributed by atoms with Gasteiger partial charge in [0.2, 0.25) is 11.8 Å². The SMILES string of the molecule is COCCN(C(=O)CNC(=O)c1ccco1)[C@@H](C(=O)NC1CCCCC1)c1ccc(Cl)cc1. The molecule has 0 radical (unpaired) electrons. The molecule has 1 aliphatic carbocycles. The molecule has 9 heteroatoms. The average molecular weight is 476 g/mol. The van der Waals surface area contributed by atoms with Crippen LogP contribution in [0.4, 0.5) is 0 Å². The molecule has 1 aliphatic rings. The Labute approximate surface area is 198 Å². The number of rotatable bonds is 10. The molecule has 1 aromatic heterocycles. The van der Waals surface area contributed by atoms with Crippen LogP contribution in [0.5, 0.6) is 0 Å². The van der Waals surface area contributed by atoms with E-state index in [1.54, 1.807) is 30.3 Å². The normalized spacial score (nSPS) is 15.0. The van der Waals surface area contributed by atoms with Crippen LogP contribution in [0.2, 0.25) is 5.02 Å². The van der Waals surface area contributed by atoms with Gasteiger partial charge < -0.3 is 24.7 Å². The molecule has 1 heterocycles. The fourth-order valence-electron chi connectivity index (χ4n) is 3.98. The molecule has 1 aromatic carbocycles. The van der Waals surface area contributed by atoms with Crippen LogP contribution >= 0.6 is 11.6 Å². The Balaban J connectivity index is 1.81. The second-order valence-corrected chi connectivity index (χ2v) is 8.47. The van der Waals surface area contributed by atoms with E-state index in [4.69, 9.17) is 20.8 Å². The second kappa shape index (κ2) is 12.4. The minimum atomic E-state index is -0.882. The Morgan fingerprint density at radius 1 is 1.15 bits per heavy atom. The van der Waals surface area contributed by atoms with Crippen molar-refractivity contribution >= 4 is 29.3 Å². The number of nitrogens with one attached hydrogen (secondary N) is 2. The lowest BCUT2D eigenvalue weighted by molar-refractivity contribution is -0.141. The molecule has 178 valence electrons. The van der Waals surface area contributed by atoms with Gasteiger partial charge in [0.15, 0.2) is 5.76 Å². The van der Waals surface area contributed by atoms with E-state index in [1.165, 1.54) is 30.8 Å². The van der Waals surface area contributed by atoms with Gasteiger partial charge in [-0.25, -0.2) is 0 Å². The first-order chi connectivity index (χ1) is 16.0. The number of hydrogen-bond acceptors (Lipinski definition) is 5. The van der Waals surface area contributed by atoms with Gasteiger partial charge in [0, 0.05) is 24.7 Å². The summed E-state index contributed by atoms with van der Waals surface area (Å²) < 4.78 is 10.3. The van der Waals surface area contributed by atoms with Crippen LogP contribution in [0.3, 0.4) is 0 Å². The smallest absolute Gasteiger partial charge is 0.287 e. The van der Waals surface area contributed by atoms with Crippen LogP contribution in [0, 0.1) is 0 Å². The summed E-state index contributed by atoms with van der Waals surface area (Å²) in [5.41, 5.74) is 0.634. The molecule has 2 N–H and O–H groups in total. The molecule has 3 rings (SSSR count). The van der Waals surface area contributed by atoms with Crippen molar-refractivity contribution in [1.82, 2.24) is 15.5 Å². The van der Waals surface area contributed by atoms with Gasteiger partial charge in [-0.15, -0.1) is 0 Å². The molecule has 33 heavy (non-hydrogen) atoms. The third kappa shape index (κ3) is 7.07. The highest BCUT2D eigenvalue weighted by Crippen LogP contribution is 2.25. The van der Waals surface area contributed by atoms with Crippen molar-refractivity contribution in [3.8, 4) is 0 Å². The minimum absolute atomic E-state index is 0.0825. The molecular formula is C24H30ClN3O5. The highest BCUT2D eigenvalue weighted by Gasteiger charge is 2.33. The zero-order valence-electron chi connectivity index (χ0n) is 18.7. The number of ether oxygens (including phenoxy) is 1. The van der Waals surface area contributed by atoms with Gasteiger partial charge in [0.05, 0.1) is 19.4 Å². The molecule has 8 nitrogen and oxygen atoms in total. The first kappa shape index (κ1) is 24.8. The van der Waals surface area contributed by atoms with Gasteiger partial charge in [-0.05, 0) is 42.7 Å². The van der Waals surface area contributed by atoms with E-state index in [0.29, 0.717) is 10.6 Å². The van der Waals surface area contributed by atoms with Gasteiger partial charge in [0.1, 0.15) is 6.04 Å². The van der Waals surface area contributed by atoms with Gasteiger partial charge in [0.25, 0.3) is 5.91 Å². The molecule has 1 atom stereocenters. The van der Waals surface area contributed by atoms with Gasteiger partial charge in [-0.2, -0.15) is 0 Å². The number of halogens is 1. The summed E-state index contributed by atoms with van der Waals surface area (Å²) >= 11 is 6.05. The highest BCUT2D eigenvalue weighted by molar-refractivity contribution is 6.30. The molecule has 0 saturated heterocycles. The number of carbonyl (C=O) groups excluding carboxylic acids is 3. The Morgan fingerprint density at radius 3 is 2.52 bits per heavy atom. The number of hydrogen-bond donors (Lipinski definition) is 2. The van der Waals surface area contributed by atoms with Crippen LogP contribution in [0.25, 0.3) is 0 Å². The third-order valence-electron chi connectivity index (χ3n) is 5.70. The lowest BCUT2D eigenvalue weighted by Crippen LogP contribution is -2.50. The number of carbonyl (C=O) groups is 3. The van der Waals surface area contributed by atoms with Crippen molar-refractivity contribution in [3.63, 3.8) is 0 Å². The molecule has 1 saturated carbocycles. The largest absolute Gasteiger partial charge is 0.459 e. The van der Waals surface area contributed by atoms with Crippen LogP contribution < -0.4 is 10.6 Å². The minimum Gasteiger partial charge on any atom is -0.459 e. The van der Waals surface area contributed by atoms with E-state index in [-0.39, 0.29) is 37.4 Å².